The summed E-state index contributed by atoms with van der Waals surface area (Å²) < 4.78 is 6.23. The lowest BCUT2D eigenvalue weighted by Gasteiger charge is -2.01. The summed E-state index contributed by atoms with van der Waals surface area (Å²) in [5, 5.41) is 6.40. The Kier molecular flexibility index (Phi) is 2.42. The van der Waals surface area contributed by atoms with Crippen molar-refractivity contribution in [3.8, 4) is 0 Å². The average Bonchev–Trinajstić information content (AvgIpc) is 2.76. The van der Waals surface area contributed by atoms with Crippen LogP contribution in [0.1, 0.15) is 10.4 Å². The van der Waals surface area contributed by atoms with Crippen LogP contribution in [0.25, 0.3) is 0 Å². The highest BCUT2D eigenvalue weighted by Crippen LogP contribution is 2.17. The van der Waals surface area contributed by atoms with Gasteiger partial charge < -0.3 is 4.42 Å². The molecule has 2 rings (SSSR count). The number of carbonyl (C=O) groups excluding carboxylic acids is 1. The third-order valence-corrected chi connectivity index (χ3v) is 2.09. The third kappa shape index (κ3) is 1.84. The van der Waals surface area contributed by atoms with E-state index in [0.29, 0.717) is 5.95 Å². The van der Waals surface area contributed by atoms with E-state index in [1.807, 2.05) is 0 Å². The molecule has 0 aliphatic carbocycles. The predicted octanol–water partition coefficient (Wildman–Crippen LogP) is 1.31. The molecule has 2 aromatic heterocycles. The van der Waals surface area contributed by atoms with E-state index in [2.05, 4.69) is 15.4 Å². The van der Waals surface area contributed by atoms with Crippen LogP contribution in [0.4, 0.5) is 5.95 Å². The van der Waals surface area contributed by atoms with Gasteiger partial charge in [0.2, 0.25) is 11.2 Å². The second kappa shape index (κ2) is 3.74. The number of hydrogen-bond donors (Lipinski definition) is 1. The summed E-state index contributed by atoms with van der Waals surface area (Å²) in [5.74, 6) is -0.0397. The van der Waals surface area contributed by atoms with Crippen molar-refractivity contribution >= 4 is 23.5 Å². The van der Waals surface area contributed by atoms with Crippen molar-refractivity contribution in [2.45, 2.75) is 0 Å². The van der Waals surface area contributed by atoms with Gasteiger partial charge in [-0.1, -0.05) is 0 Å². The summed E-state index contributed by atoms with van der Waals surface area (Å²) in [7, 11) is 1.67. The lowest BCUT2D eigenvalue weighted by molar-refractivity contribution is 0.102. The molecule has 0 aromatic carbocycles. The van der Waals surface area contributed by atoms with E-state index in [1.165, 1.54) is 23.3 Å². The van der Waals surface area contributed by atoms with Crippen LogP contribution in [0.3, 0.4) is 0 Å². The van der Waals surface area contributed by atoms with E-state index in [4.69, 9.17) is 16.0 Å². The zero-order valence-corrected chi connectivity index (χ0v) is 8.52. The molecule has 1 amide bonds. The Balaban J connectivity index is 2.18. The Morgan fingerprint density at radius 1 is 1.67 bits per heavy atom. The van der Waals surface area contributed by atoms with Gasteiger partial charge in [-0.15, -0.1) is 0 Å². The monoisotopic (exact) mass is 226 g/mol. The van der Waals surface area contributed by atoms with Crippen molar-refractivity contribution in [1.82, 2.24) is 14.8 Å². The Labute approximate surface area is 89.9 Å². The second-order valence-electron chi connectivity index (χ2n) is 2.77. The molecule has 0 aliphatic rings. The van der Waals surface area contributed by atoms with Gasteiger partial charge >= 0.3 is 0 Å². The first-order valence-corrected chi connectivity index (χ1v) is 4.44. The molecule has 0 atom stereocenters. The molecule has 0 bridgehead atoms. The van der Waals surface area contributed by atoms with Crippen LogP contribution in [-0.4, -0.2) is 20.7 Å². The summed E-state index contributed by atoms with van der Waals surface area (Å²) in [6, 6.07) is 1.48. The molecular formula is C8H7ClN4O2. The smallest absolute Gasteiger partial charge is 0.262 e. The summed E-state index contributed by atoms with van der Waals surface area (Å²) in [6.45, 7) is 0. The molecular weight excluding hydrogens is 220 g/mol. The van der Waals surface area contributed by atoms with Gasteiger partial charge in [0.05, 0.1) is 11.8 Å². The number of furan rings is 1. The van der Waals surface area contributed by atoms with Gasteiger partial charge in [0.25, 0.3) is 5.91 Å². The summed E-state index contributed by atoms with van der Waals surface area (Å²) in [4.78, 5) is 15.5. The number of aryl methyl sites for hydroxylation is 1. The first-order chi connectivity index (χ1) is 7.18. The first-order valence-electron chi connectivity index (χ1n) is 4.07. The van der Waals surface area contributed by atoms with Gasteiger partial charge in [0.1, 0.15) is 6.33 Å². The molecule has 0 aliphatic heterocycles. The minimum atomic E-state index is -0.384. The summed E-state index contributed by atoms with van der Waals surface area (Å²) in [6.07, 6.45) is 2.68. The molecule has 0 spiro atoms. The number of hydrogen-bond acceptors (Lipinski definition) is 4. The number of nitrogens with zero attached hydrogens (tertiary/aromatic N) is 3. The molecule has 1 N–H and O–H groups in total. The number of halogens is 1. The van der Waals surface area contributed by atoms with Crippen LogP contribution in [0.2, 0.25) is 5.22 Å². The molecule has 2 aromatic rings. The fourth-order valence-corrected chi connectivity index (χ4v) is 1.23. The molecule has 0 unspecified atom stereocenters. The highest BCUT2D eigenvalue weighted by atomic mass is 35.5. The van der Waals surface area contributed by atoms with Gasteiger partial charge in [0, 0.05) is 7.05 Å². The van der Waals surface area contributed by atoms with Crippen LogP contribution in [0.5, 0.6) is 0 Å². The lowest BCUT2D eigenvalue weighted by Crippen LogP contribution is -2.15. The fraction of sp³-hybridized carbons (Fsp3) is 0.125. The zero-order chi connectivity index (χ0) is 10.8. The van der Waals surface area contributed by atoms with Gasteiger partial charge in [-0.25, -0.2) is 4.68 Å². The van der Waals surface area contributed by atoms with Crippen molar-refractivity contribution < 1.29 is 9.21 Å². The molecule has 0 fully saturated rings. The van der Waals surface area contributed by atoms with E-state index < -0.39 is 0 Å². The van der Waals surface area contributed by atoms with Crippen molar-refractivity contribution in [1.29, 1.82) is 0 Å². The second-order valence-corrected chi connectivity index (χ2v) is 3.11. The molecule has 78 valence electrons. The minimum absolute atomic E-state index is 0.0506. The molecule has 15 heavy (non-hydrogen) atoms. The summed E-state index contributed by atoms with van der Waals surface area (Å²) >= 11 is 5.64. The average molecular weight is 227 g/mol. The SMILES string of the molecule is Cn1ncnc1NC(=O)c1ccoc1Cl. The number of carbonyl (C=O) groups is 1. The molecule has 0 saturated carbocycles. The van der Waals surface area contributed by atoms with Crippen molar-refractivity contribution in [3.05, 3.63) is 29.4 Å². The van der Waals surface area contributed by atoms with Crippen molar-refractivity contribution in [2.75, 3.05) is 5.32 Å². The number of anilines is 1. The molecule has 0 saturated heterocycles. The van der Waals surface area contributed by atoms with Crippen LogP contribution >= 0.6 is 11.6 Å². The maximum absolute atomic E-state index is 11.6. The first kappa shape index (κ1) is 9.72. The van der Waals surface area contributed by atoms with E-state index >= 15 is 0 Å². The number of rotatable bonds is 2. The molecule has 2 heterocycles. The van der Waals surface area contributed by atoms with Crippen molar-refractivity contribution in [2.24, 2.45) is 7.05 Å². The Bertz CT molecular complexity index is 490. The Morgan fingerprint density at radius 3 is 3.00 bits per heavy atom. The van der Waals surface area contributed by atoms with E-state index in [-0.39, 0.29) is 16.7 Å². The topological polar surface area (TPSA) is 73.0 Å². The highest BCUT2D eigenvalue weighted by Gasteiger charge is 2.14. The lowest BCUT2D eigenvalue weighted by atomic mass is 10.3. The van der Waals surface area contributed by atoms with Crippen LogP contribution in [0, 0.1) is 0 Å². The van der Waals surface area contributed by atoms with Gasteiger partial charge in [-0.3, -0.25) is 10.1 Å². The predicted molar refractivity (Wildman–Crippen MR) is 52.7 cm³/mol. The van der Waals surface area contributed by atoms with Crippen LogP contribution in [0.15, 0.2) is 23.1 Å². The Morgan fingerprint density at radius 2 is 2.47 bits per heavy atom. The number of nitrogens with one attached hydrogen (secondary N) is 1. The van der Waals surface area contributed by atoms with E-state index in [9.17, 15) is 4.79 Å². The van der Waals surface area contributed by atoms with Crippen LogP contribution < -0.4 is 5.32 Å². The quantitative estimate of drug-likeness (QED) is 0.838. The third-order valence-electron chi connectivity index (χ3n) is 1.80. The maximum Gasteiger partial charge on any atom is 0.262 e. The molecule has 0 radical (unpaired) electrons. The normalized spacial score (nSPS) is 10.3. The van der Waals surface area contributed by atoms with Gasteiger partial charge in [-0.2, -0.15) is 10.1 Å². The van der Waals surface area contributed by atoms with E-state index in [1.54, 1.807) is 7.05 Å². The van der Waals surface area contributed by atoms with Gasteiger partial charge in [0.15, 0.2) is 0 Å². The Hall–Kier alpha value is -1.82. The standard InChI is InChI=1S/C8H7ClN4O2/c1-13-8(10-4-11-13)12-7(14)5-2-3-15-6(5)9/h2-4H,1H3,(H,10,11,12,14). The molecule has 6 nitrogen and oxygen atoms in total. The largest absolute Gasteiger partial charge is 0.452 e. The van der Waals surface area contributed by atoms with Gasteiger partial charge in [-0.05, 0) is 17.7 Å². The number of aromatic nitrogens is 3. The summed E-state index contributed by atoms with van der Waals surface area (Å²) in [5.41, 5.74) is 0.264. The van der Waals surface area contributed by atoms with E-state index in [0.717, 1.165) is 0 Å². The minimum Gasteiger partial charge on any atom is -0.452 e. The zero-order valence-electron chi connectivity index (χ0n) is 7.77. The van der Waals surface area contributed by atoms with Crippen molar-refractivity contribution in [3.63, 3.8) is 0 Å². The maximum atomic E-state index is 11.6. The number of amides is 1. The molecule has 7 heteroatoms. The highest BCUT2D eigenvalue weighted by molar-refractivity contribution is 6.32. The fourth-order valence-electron chi connectivity index (χ4n) is 1.03. The van der Waals surface area contributed by atoms with Crippen LogP contribution in [-0.2, 0) is 7.05 Å².